The van der Waals surface area contributed by atoms with Gasteiger partial charge >= 0.3 is 0 Å². The normalized spacial score (nSPS) is 18.3. The quantitative estimate of drug-likeness (QED) is 0.262. The first kappa shape index (κ1) is 33.3. The van der Waals surface area contributed by atoms with Crippen LogP contribution in [0.3, 0.4) is 0 Å². The van der Waals surface area contributed by atoms with E-state index in [4.69, 9.17) is 11.6 Å². The molecule has 0 unspecified atom stereocenters. The molecule has 2 aliphatic rings. The Kier molecular flexibility index (Phi) is 9.45. The predicted molar refractivity (Wildman–Crippen MR) is 158 cm³/mol. The zero-order valence-electron chi connectivity index (χ0n) is 24.2. The molecule has 1 saturated heterocycles. The molecule has 5 rings (SSSR count). The summed E-state index contributed by atoms with van der Waals surface area (Å²) in [5.41, 5.74) is -0.674. The van der Waals surface area contributed by atoms with E-state index in [9.17, 15) is 47.1 Å². The van der Waals surface area contributed by atoms with Crippen LogP contribution in [-0.4, -0.2) is 76.3 Å². The highest BCUT2D eigenvalue weighted by atomic mass is 35.5. The Morgan fingerprint density at radius 3 is 2.43 bits per heavy atom. The molecule has 47 heavy (non-hydrogen) atoms. The average molecular weight is 673 g/mol. The lowest BCUT2D eigenvalue weighted by Crippen LogP contribution is -2.66. The van der Waals surface area contributed by atoms with Gasteiger partial charge in [0, 0.05) is 48.3 Å². The summed E-state index contributed by atoms with van der Waals surface area (Å²) in [5.74, 6) is -10.1. The number of halogens is 5. The number of nitriles is 1. The van der Waals surface area contributed by atoms with Crippen LogP contribution in [0.2, 0.25) is 5.02 Å². The van der Waals surface area contributed by atoms with E-state index in [-0.39, 0.29) is 28.5 Å². The molecule has 2 fully saturated rings. The van der Waals surface area contributed by atoms with Gasteiger partial charge in [0.2, 0.25) is 11.8 Å². The van der Waals surface area contributed by atoms with Gasteiger partial charge in [0.25, 0.3) is 17.7 Å². The summed E-state index contributed by atoms with van der Waals surface area (Å²) in [6.45, 7) is -1.59. The molecule has 1 aliphatic heterocycles. The molecule has 16 heteroatoms. The lowest BCUT2D eigenvalue weighted by Gasteiger charge is -2.42. The van der Waals surface area contributed by atoms with Crippen LogP contribution in [0.15, 0.2) is 60.8 Å². The first-order valence-electron chi connectivity index (χ1n) is 14.1. The summed E-state index contributed by atoms with van der Waals surface area (Å²) in [5, 5.41) is 21.3. The summed E-state index contributed by atoms with van der Waals surface area (Å²) in [6, 6.07) is 6.68. The maximum atomic E-state index is 14.8. The third-order valence-corrected chi connectivity index (χ3v) is 7.97. The third kappa shape index (κ3) is 6.88. The number of amides is 4. The SMILES string of the molecule is N#Cc1ccnc(N2C(=O)CN(CCO)C(=O)[C@H]2C(=O)N(c2cc(F)cc(F)c2)[C@H](C(=O)NC2CC(F)(F)C2)c2ccccc2Cl)c1. The zero-order chi connectivity index (χ0) is 34.0. The summed E-state index contributed by atoms with van der Waals surface area (Å²) in [6.07, 6.45) is -0.269. The molecule has 3 aromatic rings. The molecule has 0 radical (unpaired) electrons. The molecule has 2 N–H and O–H groups in total. The second-order valence-electron chi connectivity index (χ2n) is 10.9. The topological polar surface area (TPSA) is 147 Å². The number of nitrogens with one attached hydrogen (secondary N) is 1. The lowest BCUT2D eigenvalue weighted by atomic mass is 9.87. The molecule has 2 aromatic carbocycles. The summed E-state index contributed by atoms with van der Waals surface area (Å²) in [7, 11) is 0. The maximum absolute atomic E-state index is 14.8. The number of anilines is 2. The van der Waals surface area contributed by atoms with Crippen molar-refractivity contribution in [1.82, 2.24) is 15.2 Å². The standard InChI is InChI=1S/C31H25ClF4N6O5/c32-23-4-2-1-3-22(23)26(28(45)39-20-13-31(35,36)14-20)41(21-11-18(33)10-19(34)12-21)30(47)27-29(46)40(7-8-43)16-25(44)42(27)24-9-17(15-37)5-6-38-24/h1-6,9-12,20,26-27,43H,7-8,13-14,16H2,(H,39,45)/t26-,27-/m0/s1. The van der Waals surface area contributed by atoms with Gasteiger partial charge in [0.15, 0.2) is 6.04 Å². The van der Waals surface area contributed by atoms with Crippen molar-refractivity contribution in [2.24, 2.45) is 0 Å². The van der Waals surface area contributed by atoms with E-state index in [1.807, 2.05) is 6.07 Å². The molecule has 4 amide bonds. The van der Waals surface area contributed by atoms with Crippen LogP contribution in [0, 0.1) is 23.0 Å². The minimum Gasteiger partial charge on any atom is -0.395 e. The highest BCUT2D eigenvalue weighted by Gasteiger charge is 2.51. The molecule has 2 atom stereocenters. The Hall–Kier alpha value is -5.07. The summed E-state index contributed by atoms with van der Waals surface area (Å²) in [4.78, 5) is 62.5. The van der Waals surface area contributed by atoms with E-state index in [0.717, 1.165) is 17.2 Å². The number of pyridine rings is 1. The molecule has 0 spiro atoms. The number of nitrogens with zero attached hydrogens (tertiary/aromatic N) is 5. The van der Waals surface area contributed by atoms with Gasteiger partial charge in [0.1, 0.15) is 30.0 Å². The van der Waals surface area contributed by atoms with Crippen molar-refractivity contribution in [3.63, 3.8) is 0 Å². The van der Waals surface area contributed by atoms with Crippen LogP contribution in [0.4, 0.5) is 29.1 Å². The fourth-order valence-electron chi connectivity index (χ4n) is 5.50. The van der Waals surface area contributed by atoms with Gasteiger partial charge in [-0.05, 0) is 30.3 Å². The highest BCUT2D eigenvalue weighted by Crippen LogP contribution is 2.39. The van der Waals surface area contributed by atoms with Crippen LogP contribution in [0.5, 0.6) is 0 Å². The van der Waals surface area contributed by atoms with Gasteiger partial charge < -0.3 is 15.3 Å². The van der Waals surface area contributed by atoms with Gasteiger partial charge in [-0.15, -0.1) is 0 Å². The van der Waals surface area contributed by atoms with Crippen LogP contribution in [0.25, 0.3) is 0 Å². The second kappa shape index (κ2) is 13.3. The van der Waals surface area contributed by atoms with Gasteiger partial charge in [-0.3, -0.25) is 29.0 Å². The fourth-order valence-corrected chi connectivity index (χ4v) is 5.74. The van der Waals surface area contributed by atoms with Crippen LogP contribution < -0.4 is 15.1 Å². The molecule has 1 saturated carbocycles. The molecule has 1 aromatic heterocycles. The first-order chi connectivity index (χ1) is 22.3. The van der Waals surface area contributed by atoms with Crippen molar-refractivity contribution in [2.75, 3.05) is 29.5 Å². The number of hydrogen-bond acceptors (Lipinski definition) is 7. The maximum Gasteiger partial charge on any atom is 0.261 e. The Morgan fingerprint density at radius 2 is 1.81 bits per heavy atom. The number of aliphatic hydroxyl groups excluding tert-OH is 1. The van der Waals surface area contributed by atoms with Crippen molar-refractivity contribution in [1.29, 1.82) is 5.26 Å². The van der Waals surface area contributed by atoms with Crippen molar-refractivity contribution in [3.05, 3.63) is 88.6 Å². The summed E-state index contributed by atoms with van der Waals surface area (Å²) >= 11 is 6.46. The van der Waals surface area contributed by atoms with Gasteiger partial charge in [0.05, 0.1) is 23.9 Å². The number of aliphatic hydroxyl groups is 1. The number of alkyl halides is 2. The van der Waals surface area contributed by atoms with Crippen LogP contribution in [-0.2, 0) is 19.2 Å². The van der Waals surface area contributed by atoms with E-state index < -0.39 is 91.0 Å². The molecular weight excluding hydrogens is 648 g/mol. The van der Waals surface area contributed by atoms with Crippen molar-refractivity contribution >= 4 is 46.7 Å². The number of aromatic nitrogens is 1. The number of piperazine rings is 1. The number of β-amino-alcohol motifs (C(OH)–C–C–N with tert-alkyl or cyclic N) is 1. The Balaban J connectivity index is 1.71. The average Bonchev–Trinajstić information content (AvgIpc) is 3.00. The van der Waals surface area contributed by atoms with Crippen molar-refractivity contribution in [2.45, 2.75) is 36.9 Å². The van der Waals surface area contributed by atoms with Crippen molar-refractivity contribution in [3.8, 4) is 6.07 Å². The largest absolute Gasteiger partial charge is 0.395 e. The minimum absolute atomic E-state index is 0.00825. The van der Waals surface area contributed by atoms with E-state index in [0.29, 0.717) is 28.0 Å². The summed E-state index contributed by atoms with van der Waals surface area (Å²) < 4.78 is 56.9. The second-order valence-corrected chi connectivity index (χ2v) is 11.3. The molecule has 2 heterocycles. The number of hydrogen-bond donors (Lipinski definition) is 2. The van der Waals surface area contributed by atoms with E-state index in [1.165, 1.54) is 30.3 Å². The third-order valence-electron chi connectivity index (χ3n) is 7.63. The minimum atomic E-state index is -3.05. The van der Waals surface area contributed by atoms with E-state index >= 15 is 0 Å². The number of benzene rings is 2. The smallest absolute Gasteiger partial charge is 0.261 e. The number of carbonyl (C=O) groups is 4. The number of rotatable bonds is 9. The lowest BCUT2D eigenvalue weighted by molar-refractivity contribution is -0.146. The van der Waals surface area contributed by atoms with Gasteiger partial charge in [-0.1, -0.05) is 29.8 Å². The van der Waals surface area contributed by atoms with Gasteiger partial charge in [-0.25, -0.2) is 22.5 Å². The van der Waals surface area contributed by atoms with E-state index in [2.05, 4.69) is 10.3 Å². The zero-order valence-corrected chi connectivity index (χ0v) is 25.0. The first-order valence-corrected chi connectivity index (χ1v) is 14.5. The Bertz CT molecular complexity index is 1760. The molecule has 11 nitrogen and oxygen atoms in total. The highest BCUT2D eigenvalue weighted by molar-refractivity contribution is 6.32. The fraction of sp³-hybridized carbons (Fsp3) is 0.290. The predicted octanol–water partition coefficient (Wildman–Crippen LogP) is 3.11. The van der Waals surface area contributed by atoms with Crippen LogP contribution >= 0.6 is 11.6 Å². The van der Waals surface area contributed by atoms with Crippen LogP contribution in [0.1, 0.15) is 30.0 Å². The monoisotopic (exact) mass is 672 g/mol. The number of carbonyl (C=O) groups excluding carboxylic acids is 4. The molecular formula is C31H25ClF4N6O5. The van der Waals surface area contributed by atoms with Crippen molar-refractivity contribution < 1.29 is 41.8 Å². The van der Waals surface area contributed by atoms with E-state index in [1.54, 1.807) is 0 Å². The molecule has 244 valence electrons. The Morgan fingerprint density at radius 1 is 1.13 bits per heavy atom. The molecule has 0 bridgehead atoms. The Labute approximate surface area is 269 Å². The molecule has 1 aliphatic carbocycles. The van der Waals surface area contributed by atoms with Gasteiger partial charge in [-0.2, -0.15) is 5.26 Å².